The molecule has 1 aliphatic rings. The lowest BCUT2D eigenvalue weighted by Gasteiger charge is -2.21. The Morgan fingerprint density at radius 3 is 3.04 bits per heavy atom. The van der Waals surface area contributed by atoms with Gasteiger partial charge in [0.15, 0.2) is 10.4 Å². The predicted molar refractivity (Wildman–Crippen MR) is 103 cm³/mol. The number of thioether (sulfide) groups is 1. The smallest absolute Gasteiger partial charge is 0.266 e. The van der Waals surface area contributed by atoms with Gasteiger partial charge in [-0.05, 0) is 56.2 Å². The van der Waals surface area contributed by atoms with Crippen molar-refractivity contribution in [1.82, 2.24) is 10.2 Å². The summed E-state index contributed by atoms with van der Waals surface area (Å²) in [5.74, 6) is 1.63. The van der Waals surface area contributed by atoms with E-state index in [0.717, 1.165) is 35.1 Å². The van der Waals surface area contributed by atoms with E-state index in [0.29, 0.717) is 5.13 Å². The number of rotatable bonds is 7. The molecule has 25 heavy (non-hydrogen) atoms. The largest absolute Gasteiger partial charge is 0.481 e. The van der Waals surface area contributed by atoms with Gasteiger partial charge in [-0.3, -0.25) is 10.1 Å². The number of carbonyl (C=O) groups is 1. The van der Waals surface area contributed by atoms with E-state index < -0.39 is 6.10 Å². The standard InChI is InChI=1S/C18H23N3O2S2/c1-3-11-24-18-21-20-17(25-18)19-16(22)12(2)23-15-10-6-8-13-7-4-5-9-14(13)15/h6,8,10,12H,3-5,7,9,11H2,1-2H3,(H,19,20,22)/t12-/m0/s1. The summed E-state index contributed by atoms with van der Waals surface area (Å²) in [6, 6.07) is 6.12. The van der Waals surface area contributed by atoms with Crippen LogP contribution in [0, 0.1) is 0 Å². The van der Waals surface area contributed by atoms with Gasteiger partial charge in [0.25, 0.3) is 5.91 Å². The number of fused-ring (bicyclic) bond motifs is 1. The summed E-state index contributed by atoms with van der Waals surface area (Å²) >= 11 is 3.06. The van der Waals surface area contributed by atoms with Gasteiger partial charge in [-0.1, -0.05) is 42.2 Å². The van der Waals surface area contributed by atoms with Crippen LogP contribution in [0.2, 0.25) is 0 Å². The van der Waals surface area contributed by atoms with Gasteiger partial charge in [0.2, 0.25) is 5.13 Å². The number of hydrogen-bond acceptors (Lipinski definition) is 6. The Morgan fingerprint density at radius 1 is 1.36 bits per heavy atom. The number of nitrogens with zero attached hydrogens (tertiary/aromatic N) is 2. The first-order valence-electron chi connectivity index (χ1n) is 8.72. The van der Waals surface area contributed by atoms with Crippen molar-refractivity contribution in [3.05, 3.63) is 29.3 Å². The van der Waals surface area contributed by atoms with Crippen LogP contribution in [0.25, 0.3) is 0 Å². The van der Waals surface area contributed by atoms with E-state index in [9.17, 15) is 4.79 Å². The first kappa shape index (κ1) is 18.2. The van der Waals surface area contributed by atoms with E-state index in [1.54, 1.807) is 18.7 Å². The fourth-order valence-electron chi connectivity index (χ4n) is 2.82. The average molecular weight is 378 g/mol. The number of benzene rings is 1. The SMILES string of the molecule is CCCSc1nnc(NC(=O)[C@H](C)Oc2cccc3c2CCCC3)s1. The zero-order chi connectivity index (χ0) is 17.6. The molecular formula is C18H23N3O2S2. The molecule has 0 radical (unpaired) electrons. The number of anilines is 1. The minimum atomic E-state index is -0.580. The molecule has 7 heteroatoms. The molecule has 134 valence electrons. The van der Waals surface area contributed by atoms with Crippen LogP contribution < -0.4 is 10.1 Å². The first-order chi connectivity index (χ1) is 12.2. The number of carbonyl (C=O) groups excluding carboxylic acids is 1. The molecule has 0 spiro atoms. The van der Waals surface area contributed by atoms with Crippen molar-refractivity contribution >= 4 is 34.1 Å². The third-order valence-electron chi connectivity index (χ3n) is 4.09. The van der Waals surface area contributed by atoms with Gasteiger partial charge in [0.05, 0.1) is 0 Å². The first-order valence-corrected chi connectivity index (χ1v) is 10.5. The zero-order valence-corrected chi connectivity index (χ0v) is 16.2. The summed E-state index contributed by atoms with van der Waals surface area (Å²) in [6.45, 7) is 3.89. The third kappa shape index (κ3) is 4.73. The summed E-state index contributed by atoms with van der Waals surface area (Å²) in [5, 5.41) is 11.4. The monoisotopic (exact) mass is 377 g/mol. The maximum atomic E-state index is 12.4. The molecule has 2 aromatic rings. The molecule has 1 aromatic heterocycles. The van der Waals surface area contributed by atoms with Crippen molar-refractivity contribution in [2.45, 2.75) is 56.4 Å². The lowest BCUT2D eigenvalue weighted by atomic mass is 9.91. The topological polar surface area (TPSA) is 64.1 Å². The van der Waals surface area contributed by atoms with E-state index in [-0.39, 0.29) is 5.91 Å². The summed E-state index contributed by atoms with van der Waals surface area (Å²) in [5.41, 5.74) is 2.60. The van der Waals surface area contributed by atoms with Crippen molar-refractivity contribution in [1.29, 1.82) is 0 Å². The molecule has 0 saturated carbocycles. The molecule has 1 amide bonds. The maximum absolute atomic E-state index is 12.4. The molecule has 0 saturated heterocycles. The lowest BCUT2D eigenvalue weighted by Crippen LogP contribution is -2.30. The van der Waals surface area contributed by atoms with Crippen molar-refractivity contribution in [3.8, 4) is 5.75 Å². The van der Waals surface area contributed by atoms with E-state index >= 15 is 0 Å². The Kier molecular flexibility index (Phi) is 6.31. The second kappa shape index (κ2) is 8.67. The van der Waals surface area contributed by atoms with Crippen LogP contribution in [-0.4, -0.2) is 28.0 Å². The van der Waals surface area contributed by atoms with Gasteiger partial charge in [-0.25, -0.2) is 0 Å². The highest BCUT2D eigenvalue weighted by Gasteiger charge is 2.20. The average Bonchev–Trinajstić information content (AvgIpc) is 3.07. The number of nitrogens with one attached hydrogen (secondary N) is 1. The second-order valence-electron chi connectivity index (χ2n) is 6.07. The molecule has 1 aromatic carbocycles. The summed E-state index contributed by atoms with van der Waals surface area (Å²) in [4.78, 5) is 12.4. The fraction of sp³-hybridized carbons (Fsp3) is 0.500. The Bertz CT molecular complexity index is 733. The van der Waals surface area contributed by atoms with Crippen LogP contribution in [0.5, 0.6) is 5.75 Å². The molecule has 0 fully saturated rings. The number of hydrogen-bond donors (Lipinski definition) is 1. The van der Waals surface area contributed by atoms with Gasteiger partial charge in [0.1, 0.15) is 5.75 Å². The fourth-order valence-corrected chi connectivity index (χ4v) is 4.50. The van der Waals surface area contributed by atoms with Gasteiger partial charge in [-0.2, -0.15) is 0 Å². The third-order valence-corrected chi connectivity index (χ3v) is 6.27. The molecular weight excluding hydrogens is 354 g/mol. The summed E-state index contributed by atoms with van der Waals surface area (Å²) < 4.78 is 6.84. The van der Waals surface area contributed by atoms with Crippen LogP contribution in [0.3, 0.4) is 0 Å². The van der Waals surface area contributed by atoms with E-state index in [1.807, 2.05) is 12.1 Å². The Balaban J connectivity index is 1.60. The minimum absolute atomic E-state index is 0.198. The van der Waals surface area contributed by atoms with E-state index in [4.69, 9.17) is 4.74 Å². The van der Waals surface area contributed by atoms with Gasteiger partial charge in [-0.15, -0.1) is 10.2 Å². The molecule has 3 rings (SSSR count). The highest BCUT2D eigenvalue weighted by atomic mass is 32.2. The molecule has 1 N–H and O–H groups in total. The zero-order valence-electron chi connectivity index (χ0n) is 14.6. The molecule has 0 aliphatic heterocycles. The summed E-state index contributed by atoms with van der Waals surface area (Å²) in [7, 11) is 0. The Labute approximate surface area is 156 Å². The van der Waals surface area contributed by atoms with Gasteiger partial charge in [0, 0.05) is 5.75 Å². The van der Waals surface area contributed by atoms with Gasteiger partial charge >= 0.3 is 0 Å². The van der Waals surface area contributed by atoms with Crippen LogP contribution in [0.15, 0.2) is 22.5 Å². The minimum Gasteiger partial charge on any atom is -0.481 e. The normalized spacial score (nSPS) is 14.6. The second-order valence-corrected chi connectivity index (χ2v) is 8.39. The van der Waals surface area contributed by atoms with Crippen molar-refractivity contribution in [2.75, 3.05) is 11.1 Å². The van der Waals surface area contributed by atoms with Crippen LogP contribution in [0.4, 0.5) is 5.13 Å². The number of amides is 1. The van der Waals surface area contributed by atoms with E-state index in [2.05, 4.69) is 28.5 Å². The highest BCUT2D eigenvalue weighted by Crippen LogP contribution is 2.30. The molecule has 5 nitrogen and oxygen atoms in total. The van der Waals surface area contributed by atoms with Crippen LogP contribution in [-0.2, 0) is 17.6 Å². The molecule has 1 heterocycles. The van der Waals surface area contributed by atoms with Gasteiger partial charge < -0.3 is 4.74 Å². The van der Waals surface area contributed by atoms with Crippen molar-refractivity contribution in [3.63, 3.8) is 0 Å². The highest BCUT2D eigenvalue weighted by molar-refractivity contribution is 8.01. The number of ether oxygens (including phenoxy) is 1. The quantitative estimate of drug-likeness (QED) is 0.575. The van der Waals surface area contributed by atoms with Crippen molar-refractivity contribution < 1.29 is 9.53 Å². The molecule has 0 unspecified atom stereocenters. The molecule has 0 bridgehead atoms. The summed E-state index contributed by atoms with van der Waals surface area (Å²) in [6.07, 6.45) is 5.02. The maximum Gasteiger partial charge on any atom is 0.266 e. The lowest BCUT2D eigenvalue weighted by molar-refractivity contribution is -0.122. The number of aromatic nitrogens is 2. The Hall–Kier alpha value is -1.60. The number of aryl methyl sites for hydroxylation is 1. The Morgan fingerprint density at radius 2 is 2.20 bits per heavy atom. The molecule has 1 atom stereocenters. The van der Waals surface area contributed by atoms with E-state index in [1.165, 1.54) is 35.3 Å². The van der Waals surface area contributed by atoms with Crippen molar-refractivity contribution in [2.24, 2.45) is 0 Å². The van der Waals surface area contributed by atoms with Crippen LogP contribution in [0.1, 0.15) is 44.2 Å². The van der Waals surface area contributed by atoms with Crippen LogP contribution >= 0.6 is 23.1 Å². The molecule has 1 aliphatic carbocycles. The predicted octanol–water partition coefficient (Wildman–Crippen LogP) is 4.33.